The fourth-order valence-electron chi connectivity index (χ4n) is 1.54. The molecule has 0 radical (unpaired) electrons. The minimum absolute atomic E-state index is 0.00600. The summed E-state index contributed by atoms with van der Waals surface area (Å²) in [4.78, 5) is 0. The van der Waals surface area contributed by atoms with E-state index in [1.54, 1.807) is 12.3 Å². The first kappa shape index (κ1) is 12.2. The van der Waals surface area contributed by atoms with Crippen LogP contribution in [0.2, 0.25) is 0 Å². The molecule has 0 saturated carbocycles. The van der Waals surface area contributed by atoms with Crippen LogP contribution in [0.3, 0.4) is 0 Å². The van der Waals surface area contributed by atoms with Gasteiger partial charge < -0.3 is 5.73 Å². The van der Waals surface area contributed by atoms with Crippen molar-refractivity contribution in [3.8, 4) is 5.69 Å². The van der Waals surface area contributed by atoms with Gasteiger partial charge in [-0.15, -0.1) is 0 Å². The van der Waals surface area contributed by atoms with Crippen molar-refractivity contribution in [1.82, 2.24) is 9.78 Å². The number of hydrogen-bond donors (Lipinski definition) is 2. The summed E-state index contributed by atoms with van der Waals surface area (Å²) in [6.07, 6.45) is -1.41. The molecule has 0 spiro atoms. The first-order valence-electron chi connectivity index (χ1n) is 4.95. The minimum atomic E-state index is -4.47. The summed E-state index contributed by atoms with van der Waals surface area (Å²) in [5.74, 6) is -0.438. The number of hydrogen-bond acceptors (Lipinski definition) is 2. The van der Waals surface area contributed by atoms with E-state index in [4.69, 9.17) is 11.1 Å². The third-order valence-corrected chi connectivity index (χ3v) is 2.37. The molecular weight excluding hydrogens is 245 g/mol. The quantitative estimate of drug-likeness (QED) is 0.637. The maximum absolute atomic E-state index is 12.6. The highest BCUT2D eigenvalue weighted by Crippen LogP contribution is 2.31. The van der Waals surface area contributed by atoms with Crippen LogP contribution in [0.1, 0.15) is 11.1 Å². The lowest BCUT2D eigenvalue weighted by molar-refractivity contribution is -0.137. The molecule has 0 saturated heterocycles. The summed E-state index contributed by atoms with van der Waals surface area (Å²) in [7, 11) is 0. The fourth-order valence-corrected chi connectivity index (χ4v) is 1.54. The molecule has 7 heteroatoms. The first-order valence-corrected chi connectivity index (χ1v) is 4.95. The highest BCUT2D eigenvalue weighted by atomic mass is 19.4. The van der Waals surface area contributed by atoms with Crippen LogP contribution in [0.25, 0.3) is 5.69 Å². The number of amidine groups is 1. The van der Waals surface area contributed by atoms with Crippen LogP contribution < -0.4 is 5.73 Å². The summed E-state index contributed by atoms with van der Waals surface area (Å²) < 4.78 is 39.1. The summed E-state index contributed by atoms with van der Waals surface area (Å²) in [5.41, 5.74) is 4.79. The average molecular weight is 254 g/mol. The highest BCUT2D eigenvalue weighted by Gasteiger charge is 2.31. The number of benzene rings is 1. The van der Waals surface area contributed by atoms with Gasteiger partial charge in [-0.1, -0.05) is 0 Å². The number of nitrogens with zero attached hydrogens (tertiary/aromatic N) is 2. The van der Waals surface area contributed by atoms with E-state index in [0.29, 0.717) is 5.69 Å². The lowest BCUT2D eigenvalue weighted by atomic mass is 10.1. The Hall–Kier alpha value is -2.31. The zero-order valence-corrected chi connectivity index (χ0v) is 9.07. The minimum Gasteiger partial charge on any atom is -0.384 e. The van der Waals surface area contributed by atoms with Crippen molar-refractivity contribution < 1.29 is 13.2 Å². The van der Waals surface area contributed by atoms with Gasteiger partial charge in [0.05, 0.1) is 11.3 Å². The number of rotatable bonds is 2. The Kier molecular flexibility index (Phi) is 2.82. The molecule has 94 valence electrons. The maximum atomic E-state index is 12.6. The molecule has 0 aliphatic rings. The number of nitrogens with one attached hydrogen (secondary N) is 1. The molecule has 1 aromatic carbocycles. The van der Waals surface area contributed by atoms with Crippen LogP contribution in [-0.4, -0.2) is 15.6 Å². The molecule has 2 aromatic rings. The van der Waals surface area contributed by atoms with Crippen LogP contribution in [0, 0.1) is 5.41 Å². The second-order valence-electron chi connectivity index (χ2n) is 3.59. The molecule has 0 fully saturated rings. The monoisotopic (exact) mass is 254 g/mol. The smallest absolute Gasteiger partial charge is 0.384 e. The molecule has 4 nitrogen and oxygen atoms in total. The number of nitrogens with two attached hydrogens (primary N) is 1. The van der Waals surface area contributed by atoms with Crippen molar-refractivity contribution in [3.63, 3.8) is 0 Å². The summed E-state index contributed by atoms with van der Waals surface area (Å²) in [6.45, 7) is 0. The lowest BCUT2D eigenvalue weighted by Gasteiger charge is -2.12. The van der Waals surface area contributed by atoms with Crippen molar-refractivity contribution in [2.45, 2.75) is 6.18 Å². The molecule has 0 bridgehead atoms. The van der Waals surface area contributed by atoms with Crippen LogP contribution in [0.5, 0.6) is 0 Å². The first-order chi connectivity index (χ1) is 8.39. The van der Waals surface area contributed by atoms with Gasteiger partial charge >= 0.3 is 6.18 Å². The van der Waals surface area contributed by atoms with Crippen molar-refractivity contribution >= 4 is 5.84 Å². The second-order valence-corrected chi connectivity index (χ2v) is 3.59. The molecule has 0 atom stereocenters. The van der Waals surface area contributed by atoms with Gasteiger partial charge in [0.25, 0.3) is 0 Å². The molecule has 0 aliphatic heterocycles. The van der Waals surface area contributed by atoms with Crippen LogP contribution in [0.4, 0.5) is 13.2 Å². The van der Waals surface area contributed by atoms with E-state index < -0.39 is 17.6 Å². The van der Waals surface area contributed by atoms with E-state index in [1.807, 2.05) is 0 Å². The van der Waals surface area contributed by atoms with Crippen LogP contribution in [0.15, 0.2) is 36.7 Å². The standard InChI is InChI=1S/C11H9F3N4/c12-11(13,14)7-2-3-9(8(6-7)10(15)16)18-5-1-4-17-18/h1-6H,(H3,15,16). The predicted molar refractivity (Wildman–Crippen MR) is 59.6 cm³/mol. The summed E-state index contributed by atoms with van der Waals surface area (Å²) in [5, 5.41) is 11.3. The molecular formula is C11H9F3N4. The van der Waals surface area contributed by atoms with Crippen molar-refractivity contribution in [2.24, 2.45) is 5.73 Å². The molecule has 0 aliphatic carbocycles. The summed E-state index contributed by atoms with van der Waals surface area (Å²) >= 11 is 0. The van der Waals surface area contributed by atoms with Gasteiger partial charge in [-0.3, -0.25) is 5.41 Å². The van der Waals surface area contributed by atoms with Gasteiger partial charge in [0, 0.05) is 18.0 Å². The molecule has 0 unspecified atom stereocenters. The van der Waals surface area contributed by atoms with E-state index in [1.165, 1.54) is 16.9 Å². The molecule has 1 heterocycles. The number of nitrogen functional groups attached to an aromatic ring is 1. The Morgan fingerprint density at radius 1 is 1.33 bits per heavy atom. The van der Waals surface area contributed by atoms with Crippen LogP contribution >= 0.6 is 0 Å². The van der Waals surface area contributed by atoms with E-state index in [2.05, 4.69) is 5.10 Å². The third-order valence-electron chi connectivity index (χ3n) is 2.37. The second kappa shape index (κ2) is 4.17. The summed E-state index contributed by atoms with van der Waals surface area (Å²) in [6, 6.07) is 4.65. The fraction of sp³-hybridized carbons (Fsp3) is 0.0909. The highest BCUT2D eigenvalue weighted by molar-refractivity contribution is 5.98. The van der Waals surface area contributed by atoms with Crippen molar-refractivity contribution in [3.05, 3.63) is 47.8 Å². The van der Waals surface area contributed by atoms with E-state index in [9.17, 15) is 13.2 Å². The number of alkyl halides is 3. The van der Waals surface area contributed by atoms with E-state index in [0.717, 1.165) is 12.1 Å². The Morgan fingerprint density at radius 3 is 2.56 bits per heavy atom. The number of aromatic nitrogens is 2. The van der Waals surface area contributed by atoms with Gasteiger partial charge in [0.1, 0.15) is 5.84 Å². The molecule has 1 aromatic heterocycles. The Labute approximate surface area is 100 Å². The average Bonchev–Trinajstić information content (AvgIpc) is 2.80. The third kappa shape index (κ3) is 2.20. The molecule has 18 heavy (non-hydrogen) atoms. The zero-order chi connectivity index (χ0) is 13.3. The lowest BCUT2D eigenvalue weighted by Crippen LogP contribution is -2.17. The Balaban J connectivity index is 2.59. The van der Waals surface area contributed by atoms with Gasteiger partial charge in [0.15, 0.2) is 0 Å². The van der Waals surface area contributed by atoms with Gasteiger partial charge in [-0.2, -0.15) is 18.3 Å². The normalized spacial score (nSPS) is 11.5. The van der Waals surface area contributed by atoms with Gasteiger partial charge in [-0.05, 0) is 24.3 Å². The van der Waals surface area contributed by atoms with Crippen LogP contribution in [-0.2, 0) is 6.18 Å². The predicted octanol–water partition coefficient (Wildman–Crippen LogP) is 2.18. The number of halogens is 3. The Morgan fingerprint density at radius 2 is 2.06 bits per heavy atom. The molecule has 2 rings (SSSR count). The maximum Gasteiger partial charge on any atom is 0.416 e. The van der Waals surface area contributed by atoms with Crippen molar-refractivity contribution in [2.75, 3.05) is 0 Å². The zero-order valence-electron chi connectivity index (χ0n) is 9.07. The van der Waals surface area contributed by atoms with Gasteiger partial charge in [0.2, 0.25) is 0 Å². The molecule has 3 N–H and O–H groups in total. The Bertz CT molecular complexity index is 572. The largest absolute Gasteiger partial charge is 0.416 e. The van der Waals surface area contributed by atoms with E-state index >= 15 is 0 Å². The topological polar surface area (TPSA) is 67.7 Å². The SMILES string of the molecule is N=C(N)c1cc(C(F)(F)F)ccc1-n1cccn1. The van der Waals surface area contributed by atoms with Crippen molar-refractivity contribution in [1.29, 1.82) is 5.41 Å². The van der Waals surface area contributed by atoms with E-state index in [-0.39, 0.29) is 5.56 Å². The molecule has 0 amide bonds. The van der Waals surface area contributed by atoms with Gasteiger partial charge in [-0.25, -0.2) is 4.68 Å².